The van der Waals surface area contributed by atoms with Crippen molar-refractivity contribution in [2.24, 2.45) is 0 Å². The monoisotopic (exact) mass is 332 g/mol. The van der Waals surface area contributed by atoms with Gasteiger partial charge in [0.2, 0.25) is 0 Å². The molecule has 0 aromatic heterocycles. The Balaban J connectivity index is 2.94. The van der Waals surface area contributed by atoms with Crippen LogP contribution >= 0.6 is 38.5 Å². The zero-order valence-electron chi connectivity index (χ0n) is 6.22. The zero-order chi connectivity index (χ0) is 8.55. The molecule has 0 saturated heterocycles. The van der Waals surface area contributed by atoms with Gasteiger partial charge in [0.1, 0.15) is 0 Å². The van der Waals surface area contributed by atoms with Crippen molar-refractivity contribution in [2.45, 2.75) is 0 Å². The predicted molar refractivity (Wildman–Crippen MR) is 64.4 cm³/mol. The number of hydrogen-bond acceptors (Lipinski definition) is 0. The summed E-state index contributed by atoms with van der Waals surface area (Å²) >= 11 is 5.88. The van der Waals surface area contributed by atoms with Crippen molar-refractivity contribution in [2.75, 3.05) is 0 Å². The van der Waals surface area contributed by atoms with Crippen LogP contribution in [-0.2, 0) is 0 Å². The van der Waals surface area contributed by atoms with E-state index in [0.717, 1.165) is 0 Å². The first-order chi connectivity index (χ1) is 5.79. The lowest BCUT2D eigenvalue weighted by molar-refractivity contribution is 1.68. The molecule has 0 heterocycles. The number of rotatable bonds is 0. The molecule has 0 bridgehead atoms. The fourth-order valence-corrected chi connectivity index (χ4v) is 2.41. The van der Waals surface area contributed by atoms with Gasteiger partial charge in [-0.2, -0.15) is 0 Å². The molecule has 0 nitrogen and oxygen atoms in total. The van der Waals surface area contributed by atoms with E-state index in [9.17, 15) is 0 Å². The van der Waals surface area contributed by atoms with Crippen molar-refractivity contribution in [3.8, 4) is 0 Å². The SMILES string of the molecule is Brc1cccc2c(I)cccc12. The molecular formula is C10H6BrI. The summed E-state index contributed by atoms with van der Waals surface area (Å²) in [6, 6.07) is 12.6. The Hall–Kier alpha value is -0.0900. The van der Waals surface area contributed by atoms with Gasteiger partial charge in [-0.3, -0.25) is 0 Å². The smallest absolute Gasteiger partial charge is 0.0254 e. The van der Waals surface area contributed by atoms with Crippen LogP contribution in [0, 0.1) is 3.57 Å². The topological polar surface area (TPSA) is 0 Å². The molecule has 0 aliphatic heterocycles. The van der Waals surface area contributed by atoms with E-state index in [1.807, 2.05) is 0 Å². The normalized spacial score (nSPS) is 10.5. The van der Waals surface area contributed by atoms with Crippen LogP contribution in [0.4, 0.5) is 0 Å². The summed E-state index contributed by atoms with van der Waals surface area (Å²) in [7, 11) is 0. The fraction of sp³-hybridized carbons (Fsp3) is 0. The Labute approximate surface area is 93.2 Å². The number of benzene rings is 2. The highest BCUT2D eigenvalue weighted by Crippen LogP contribution is 2.26. The number of halogens is 2. The highest BCUT2D eigenvalue weighted by atomic mass is 127. The number of fused-ring (bicyclic) bond motifs is 1. The molecule has 0 aliphatic carbocycles. The first-order valence-electron chi connectivity index (χ1n) is 3.62. The molecule has 2 rings (SSSR count). The molecule has 2 heteroatoms. The summed E-state index contributed by atoms with van der Waals surface area (Å²) in [6.07, 6.45) is 0. The molecule has 0 amide bonds. The third kappa shape index (κ3) is 1.38. The summed E-state index contributed by atoms with van der Waals surface area (Å²) in [5.41, 5.74) is 0. The molecule has 0 N–H and O–H groups in total. The van der Waals surface area contributed by atoms with Crippen LogP contribution in [0.15, 0.2) is 40.9 Å². The Morgan fingerprint density at radius 2 is 1.58 bits per heavy atom. The van der Waals surface area contributed by atoms with Gasteiger partial charge in [0.25, 0.3) is 0 Å². The molecule has 0 aliphatic rings. The van der Waals surface area contributed by atoms with Gasteiger partial charge in [-0.25, -0.2) is 0 Å². The van der Waals surface area contributed by atoms with E-state index in [-0.39, 0.29) is 0 Å². The Morgan fingerprint density at radius 1 is 0.917 bits per heavy atom. The fourth-order valence-electron chi connectivity index (χ4n) is 1.23. The van der Waals surface area contributed by atoms with Gasteiger partial charge in [-0.15, -0.1) is 0 Å². The van der Waals surface area contributed by atoms with Crippen molar-refractivity contribution in [1.29, 1.82) is 0 Å². The minimum Gasteiger partial charge on any atom is -0.0605 e. The molecular weight excluding hydrogens is 327 g/mol. The van der Waals surface area contributed by atoms with Gasteiger partial charge in [0, 0.05) is 8.04 Å². The summed E-state index contributed by atoms with van der Waals surface area (Å²) in [5.74, 6) is 0. The van der Waals surface area contributed by atoms with Crippen molar-refractivity contribution in [3.63, 3.8) is 0 Å². The van der Waals surface area contributed by atoms with Crippen molar-refractivity contribution < 1.29 is 0 Å². The van der Waals surface area contributed by atoms with Crippen molar-refractivity contribution >= 4 is 49.3 Å². The van der Waals surface area contributed by atoms with E-state index in [2.05, 4.69) is 74.9 Å². The van der Waals surface area contributed by atoms with Crippen LogP contribution in [0.5, 0.6) is 0 Å². The molecule has 0 unspecified atom stereocenters. The highest BCUT2D eigenvalue weighted by molar-refractivity contribution is 14.1. The largest absolute Gasteiger partial charge is 0.0605 e. The maximum absolute atomic E-state index is 3.53. The summed E-state index contributed by atoms with van der Waals surface area (Å²) < 4.78 is 2.46. The Kier molecular flexibility index (Phi) is 2.37. The average Bonchev–Trinajstić information content (AvgIpc) is 2.07. The van der Waals surface area contributed by atoms with Crippen LogP contribution in [-0.4, -0.2) is 0 Å². The second kappa shape index (κ2) is 3.34. The van der Waals surface area contributed by atoms with E-state index in [4.69, 9.17) is 0 Å². The van der Waals surface area contributed by atoms with Gasteiger partial charge < -0.3 is 0 Å². The second-order valence-electron chi connectivity index (χ2n) is 2.57. The quantitative estimate of drug-likeness (QED) is 0.634. The van der Waals surface area contributed by atoms with Crippen molar-refractivity contribution in [3.05, 3.63) is 44.4 Å². The third-order valence-corrected chi connectivity index (χ3v) is 3.45. The third-order valence-electron chi connectivity index (χ3n) is 1.82. The standard InChI is InChI=1S/C10H6BrI/c11-9-5-1-4-8-7(9)3-2-6-10(8)12/h1-6H. The van der Waals surface area contributed by atoms with E-state index in [1.165, 1.54) is 18.8 Å². The first kappa shape index (κ1) is 8.51. The molecule has 0 fully saturated rings. The molecule has 0 saturated carbocycles. The van der Waals surface area contributed by atoms with Crippen LogP contribution < -0.4 is 0 Å². The van der Waals surface area contributed by atoms with Gasteiger partial charge in [-0.1, -0.05) is 40.2 Å². The van der Waals surface area contributed by atoms with E-state index < -0.39 is 0 Å². The highest BCUT2D eigenvalue weighted by Gasteiger charge is 1.99. The van der Waals surface area contributed by atoms with Gasteiger partial charge >= 0.3 is 0 Å². The average molecular weight is 333 g/mol. The van der Waals surface area contributed by atoms with Crippen LogP contribution in [0.1, 0.15) is 0 Å². The zero-order valence-corrected chi connectivity index (χ0v) is 9.96. The van der Waals surface area contributed by atoms with Crippen LogP contribution in [0.2, 0.25) is 0 Å². The lowest BCUT2D eigenvalue weighted by Gasteiger charge is -2.01. The van der Waals surface area contributed by atoms with Crippen molar-refractivity contribution in [1.82, 2.24) is 0 Å². The molecule has 0 spiro atoms. The molecule has 0 radical (unpaired) electrons. The molecule has 0 atom stereocenters. The first-order valence-corrected chi connectivity index (χ1v) is 5.49. The van der Waals surface area contributed by atoms with E-state index >= 15 is 0 Å². The molecule has 60 valence electrons. The van der Waals surface area contributed by atoms with Crippen LogP contribution in [0.3, 0.4) is 0 Å². The summed E-state index contributed by atoms with van der Waals surface area (Å²) in [4.78, 5) is 0. The maximum Gasteiger partial charge on any atom is 0.0254 e. The lowest BCUT2D eigenvalue weighted by atomic mass is 10.1. The molecule has 12 heavy (non-hydrogen) atoms. The van der Waals surface area contributed by atoms with Gasteiger partial charge in [-0.05, 0) is 45.5 Å². The van der Waals surface area contributed by atoms with E-state index in [0.29, 0.717) is 0 Å². The number of hydrogen-bond donors (Lipinski definition) is 0. The minimum absolute atomic E-state index is 1.17. The molecule has 2 aromatic rings. The van der Waals surface area contributed by atoms with Gasteiger partial charge in [0.05, 0.1) is 0 Å². The van der Waals surface area contributed by atoms with E-state index in [1.54, 1.807) is 0 Å². The van der Waals surface area contributed by atoms with Gasteiger partial charge in [0.15, 0.2) is 0 Å². The summed E-state index contributed by atoms with van der Waals surface area (Å²) in [6.45, 7) is 0. The lowest BCUT2D eigenvalue weighted by Crippen LogP contribution is -1.77. The Morgan fingerprint density at radius 3 is 2.33 bits per heavy atom. The van der Waals surface area contributed by atoms with Crippen LogP contribution in [0.25, 0.3) is 10.8 Å². The minimum atomic E-state index is 1.17. The second-order valence-corrected chi connectivity index (χ2v) is 4.59. The predicted octanol–water partition coefficient (Wildman–Crippen LogP) is 4.21. The maximum atomic E-state index is 3.53. The molecule has 2 aromatic carbocycles. The summed E-state index contributed by atoms with van der Waals surface area (Å²) in [5, 5.41) is 2.59. The Bertz CT molecular complexity index is 382.